The Morgan fingerprint density at radius 2 is 0.711 bits per heavy atom. The molecule has 0 saturated carbocycles. The van der Waals surface area contributed by atoms with E-state index in [1.807, 2.05) is 54.6 Å². The highest BCUT2D eigenvalue weighted by Gasteiger charge is 2.38. The van der Waals surface area contributed by atoms with Crippen molar-refractivity contribution in [1.82, 2.24) is 0 Å². The lowest BCUT2D eigenvalue weighted by Gasteiger charge is -2.36. The van der Waals surface area contributed by atoms with E-state index in [1.54, 1.807) is 0 Å². The SMILES string of the molecule is CC(C)(C)[Si](C)(C)OCCOCCOCCOCCOCCOCCOC(c1ccccc1)(c1ccccc1)c1ccccc1. The molecule has 3 rings (SSSR count). The maximum absolute atomic E-state index is 6.73. The van der Waals surface area contributed by atoms with E-state index in [1.165, 1.54) is 0 Å². The van der Waals surface area contributed by atoms with Gasteiger partial charge in [-0.2, -0.15) is 0 Å². The average Bonchev–Trinajstić information content (AvgIpc) is 3.05. The van der Waals surface area contributed by atoms with Gasteiger partial charge in [-0.05, 0) is 34.8 Å². The summed E-state index contributed by atoms with van der Waals surface area (Å²) in [5.41, 5.74) is 2.49. The molecule has 3 aromatic carbocycles. The van der Waals surface area contributed by atoms with Crippen molar-refractivity contribution < 1.29 is 32.8 Å². The monoisotopic (exact) mass is 638 g/mol. The molecule has 0 saturated heterocycles. The Hall–Kier alpha value is -2.40. The van der Waals surface area contributed by atoms with Gasteiger partial charge in [-0.15, -0.1) is 0 Å². The van der Waals surface area contributed by atoms with Crippen LogP contribution in [-0.2, 0) is 38.4 Å². The lowest BCUT2D eigenvalue weighted by Crippen LogP contribution is -2.41. The van der Waals surface area contributed by atoms with Gasteiger partial charge in [0.25, 0.3) is 0 Å². The van der Waals surface area contributed by atoms with Gasteiger partial charge in [0.2, 0.25) is 0 Å². The summed E-state index contributed by atoms with van der Waals surface area (Å²) in [5.74, 6) is 0. The third-order valence-corrected chi connectivity index (χ3v) is 12.6. The molecule has 3 aromatic rings. The van der Waals surface area contributed by atoms with Gasteiger partial charge in [0.15, 0.2) is 8.32 Å². The van der Waals surface area contributed by atoms with E-state index in [0.29, 0.717) is 79.3 Å². The van der Waals surface area contributed by atoms with Crippen LogP contribution in [0.15, 0.2) is 91.0 Å². The van der Waals surface area contributed by atoms with Gasteiger partial charge >= 0.3 is 0 Å². The first kappa shape index (κ1) is 37.1. The van der Waals surface area contributed by atoms with Crippen molar-refractivity contribution in [3.8, 4) is 0 Å². The first-order valence-electron chi connectivity index (χ1n) is 16.1. The molecule has 0 bridgehead atoms. The molecule has 0 amide bonds. The predicted octanol–water partition coefficient (Wildman–Crippen LogP) is 7.10. The number of ether oxygens (including phenoxy) is 6. The zero-order valence-electron chi connectivity index (χ0n) is 28.0. The van der Waals surface area contributed by atoms with Crippen LogP contribution < -0.4 is 0 Å². The van der Waals surface area contributed by atoms with Gasteiger partial charge in [-0.25, -0.2) is 0 Å². The number of rotatable bonds is 23. The fourth-order valence-electron chi connectivity index (χ4n) is 4.58. The highest BCUT2D eigenvalue weighted by molar-refractivity contribution is 6.74. The molecular weight excluding hydrogens is 584 g/mol. The van der Waals surface area contributed by atoms with E-state index in [4.69, 9.17) is 32.8 Å². The Bertz CT molecular complexity index is 1060. The van der Waals surface area contributed by atoms with E-state index < -0.39 is 13.9 Å². The van der Waals surface area contributed by atoms with Crippen LogP contribution >= 0.6 is 0 Å². The maximum Gasteiger partial charge on any atom is 0.192 e. The van der Waals surface area contributed by atoms with Crippen molar-refractivity contribution in [2.75, 3.05) is 79.3 Å². The first-order chi connectivity index (χ1) is 21.8. The van der Waals surface area contributed by atoms with Gasteiger partial charge in [0.1, 0.15) is 5.60 Å². The van der Waals surface area contributed by atoms with E-state index in [9.17, 15) is 0 Å². The fourth-order valence-corrected chi connectivity index (χ4v) is 5.60. The van der Waals surface area contributed by atoms with Gasteiger partial charge in [-0.3, -0.25) is 0 Å². The summed E-state index contributed by atoms with van der Waals surface area (Å²) in [6, 6.07) is 31.1. The van der Waals surface area contributed by atoms with Crippen molar-refractivity contribution in [3.05, 3.63) is 108 Å². The zero-order chi connectivity index (χ0) is 32.3. The van der Waals surface area contributed by atoms with Crippen molar-refractivity contribution in [2.45, 2.75) is 44.5 Å². The largest absolute Gasteiger partial charge is 0.414 e. The molecule has 45 heavy (non-hydrogen) atoms. The average molecular weight is 639 g/mol. The summed E-state index contributed by atoms with van der Waals surface area (Å²) in [6.45, 7) is 17.5. The van der Waals surface area contributed by atoms with Gasteiger partial charge in [0, 0.05) is 0 Å². The summed E-state index contributed by atoms with van der Waals surface area (Å²) < 4.78 is 41.1. The molecule has 248 valence electrons. The molecule has 0 atom stereocenters. The Labute approximate surface area is 272 Å². The second-order valence-corrected chi connectivity index (χ2v) is 17.1. The molecule has 0 N–H and O–H groups in total. The van der Waals surface area contributed by atoms with Crippen LogP contribution in [-0.4, -0.2) is 87.6 Å². The molecule has 0 radical (unpaired) electrons. The van der Waals surface area contributed by atoms with Crippen LogP contribution in [0.5, 0.6) is 0 Å². The molecule has 7 nitrogen and oxygen atoms in total. The second kappa shape index (κ2) is 20.0. The van der Waals surface area contributed by atoms with E-state index in [0.717, 1.165) is 16.7 Å². The normalized spacial score (nSPS) is 12.5. The van der Waals surface area contributed by atoms with Crippen LogP contribution in [0.1, 0.15) is 37.5 Å². The molecule has 0 aliphatic rings. The predicted molar refractivity (Wildman–Crippen MR) is 182 cm³/mol. The minimum absolute atomic E-state index is 0.216. The molecular formula is C37H54O7Si. The van der Waals surface area contributed by atoms with Crippen molar-refractivity contribution in [2.24, 2.45) is 0 Å². The van der Waals surface area contributed by atoms with Crippen molar-refractivity contribution >= 4 is 8.32 Å². The molecule has 0 heterocycles. The molecule has 8 heteroatoms. The molecule has 0 aliphatic heterocycles. The Balaban J connectivity index is 1.24. The maximum atomic E-state index is 6.73. The van der Waals surface area contributed by atoms with Crippen LogP contribution in [0.3, 0.4) is 0 Å². The zero-order valence-corrected chi connectivity index (χ0v) is 29.0. The number of benzene rings is 3. The van der Waals surface area contributed by atoms with E-state index in [2.05, 4.69) is 70.3 Å². The third kappa shape index (κ3) is 12.4. The third-order valence-electron chi connectivity index (χ3n) is 8.07. The minimum atomic E-state index is -1.70. The lowest BCUT2D eigenvalue weighted by atomic mass is 9.80. The van der Waals surface area contributed by atoms with Gasteiger partial charge < -0.3 is 32.8 Å². The lowest BCUT2D eigenvalue weighted by molar-refractivity contribution is -0.0392. The fraction of sp³-hybridized carbons (Fsp3) is 0.514. The Morgan fingerprint density at radius 1 is 0.422 bits per heavy atom. The summed E-state index contributed by atoms with van der Waals surface area (Å²) in [6.07, 6.45) is 0. The highest BCUT2D eigenvalue weighted by Crippen LogP contribution is 2.40. The summed E-state index contributed by atoms with van der Waals surface area (Å²) >= 11 is 0. The summed E-state index contributed by atoms with van der Waals surface area (Å²) in [7, 11) is -1.70. The summed E-state index contributed by atoms with van der Waals surface area (Å²) in [5, 5.41) is 0.216. The van der Waals surface area contributed by atoms with Gasteiger partial charge in [0.05, 0.1) is 79.3 Å². The van der Waals surface area contributed by atoms with E-state index >= 15 is 0 Å². The Kier molecular flexibility index (Phi) is 16.4. The van der Waals surface area contributed by atoms with Crippen LogP contribution in [0.4, 0.5) is 0 Å². The van der Waals surface area contributed by atoms with Crippen molar-refractivity contribution in [1.29, 1.82) is 0 Å². The van der Waals surface area contributed by atoms with Crippen LogP contribution in [0.25, 0.3) is 0 Å². The molecule has 0 spiro atoms. The van der Waals surface area contributed by atoms with E-state index in [-0.39, 0.29) is 5.04 Å². The number of hydrogen-bond acceptors (Lipinski definition) is 7. The smallest absolute Gasteiger partial charge is 0.192 e. The molecule has 0 aromatic heterocycles. The van der Waals surface area contributed by atoms with Gasteiger partial charge in [-0.1, -0.05) is 112 Å². The molecule has 0 unspecified atom stereocenters. The topological polar surface area (TPSA) is 64.6 Å². The summed E-state index contributed by atoms with van der Waals surface area (Å²) in [4.78, 5) is 0. The molecule has 0 fully saturated rings. The Morgan fingerprint density at radius 3 is 1.02 bits per heavy atom. The number of hydrogen-bond donors (Lipinski definition) is 0. The quantitative estimate of drug-likeness (QED) is 0.0624. The van der Waals surface area contributed by atoms with Crippen LogP contribution in [0, 0.1) is 0 Å². The molecule has 0 aliphatic carbocycles. The van der Waals surface area contributed by atoms with Crippen LogP contribution in [0.2, 0.25) is 18.1 Å². The van der Waals surface area contributed by atoms with Crippen molar-refractivity contribution in [3.63, 3.8) is 0 Å². The first-order valence-corrected chi connectivity index (χ1v) is 19.0. The minimum Gasteiger partial charge on any atom is -0.414 e. The highest BCUT2D eigenvalue weighted by atomic mass is 28.4. The standard InChI is InChI=1S/C37H54O7Si/c1-36(2,3)45(4,5)44-32-30-42-28-26-40-24-22-38-21-23-39-25-27-41-29-31-43-37(33-15-9-6-10-16-33,34-17-11-7-12-18-34)35-19-13-8-14-20-35/h6-20H,21-32H2,1-5H3. The second-order valence-electron chi connectivity index (χ2n) is 12.3.